The number of esters is 1. The zero-order valence-electron chi connectivity index (χ0n) is 9.97. The molecule has 1 heterocycles. The Hall–Kier alpha value is -2.11. The predicted octanol–water partition coefficient (Wildman–Crippen LogP) is 0.335. The summed E-state index contributed by atoms with van der Waals surface area (Å²) in [6.07, 6.45) is 1.52. The summed E-state index contributed by atoms with van der Waals surface area (Å²) in [5, 5.41) is 0. The van der Waals surface area contributed by atoms with Gasteiger partial charge in [0.15, 0.2) is 0 Å². The monoisotopic (exact) mass is 238 g/mol. The summed E-state index contributed by atoms with van der Waals surface area (Å²) in [6.45, 7) is -0.118. The molecule has 92 valence electrons. The first-order valence-corrected chi connectivity index (χ1v) is 4.91. The van der Waals surface area contributed by atoms with Crippen LogP contribution in [0.4, 0.5) is 0 Å². The van der Waals surface area contributed by atoms with Crippen LogP contribution in [0.2, 0.25) is 0 Å². The van der Waals surface area contributed by atoms with E-state index in [1.807, 2.05) is 0 Å². The van der Waals surface area contributed by atoms with Crippen LogP contribution >= 0.6 is 0 Å². The van der Waals surface area contributed by atoms with Crippen LogP contribution in [-0.2, 0) is 9.53 Å². The molecule has 0 unspecified atom stereocenters. The van der Waals surface area contributed by atoms with Gasteiger partial charge < -0.3 is 14.4 Å². The fourth-order valence-corrected chi connectivity index (χ4v) is 1.25. The largest absolute Gasteiger partial charge is 0.480 e. The lowest BCUT2D eigenvalue weighted by atomic mass is 10.2. The molecule has 1 aromatic heterocycles. The molecule has 1 rings (SSSR count). The number of ether oxygens (including phenoxy) is 2. The molecule has 1 amide bonds. The lowest BCUT2D eigenvalue weighted by Crippen LogP contribution is -2.33. The second-order valence-corrected chi connectivity index (χ2v) is 3.30. The van der Waals surface area contributed by atoms with E-state index in [0.717, 1.165) is 0 Å². The van der Waals surface area contributed by atoms with Gasteiger partial charge in [-0.2, -0.15) is 0 Å². The summed E-state index contributed by atoms with van der Waals surface area (Å²) in [5.41, 5.74) is 0.307. The van der Waals surface area contributed by atoms with Gasteiger partial charge >= 0.3 is 5.97 Å². The molecule has 0 atom stereocenters. The molecule has 0 bridgehead atoms. The van der Waals surface area contributed by atoms with E-state index in [1.54, 1.807) is 12.1 Å². The lowest BCUT2D eigenvalue weighted by molar-refractivity contribution is -0.141. The maximum Gasteiger partial charge on any atom is 0.325 e. The first-order chi connectivity index (χ1) is 8.10. The van der Waals surface area contributed by atoms with Crippen molar-refractivity contribution in [1.82, 2.24) is 9.88 Å². The number of methoxy groups -OCH3 is 2. The lowest BCUT2D eigenvalue weighted by Gasteiger charge is -2.16. The maximum absolute atomic E-state index is 12.0. The second-order valence-electron chi connectivity index (χ2n) is 3.30. The van der Waals surface area contributed by atoms with Gasteiger partial charge in [-0.1, -0.05) is 0 Å². The van der Waals surface area contributed by atoms with Crippen LogP contribution < -0.4 is 4.74 Å². The number of amides is 1. The molecule has 0 N–H and O–H groups in total. The number of likely N-dealkylation sites (N-methyl/N-ethyl adjacent to an activating group) is 1. The van der Waals surface area contributed by atoms with Gasteiger partial charge in [-0.3, -0.25) is 9.59 Å². The van der Waals surface area contributed by atoms with E-state index in [4.69, 9.17) is 4.74 Å². The van der Waals surface area contributed by atoms with Crippen LogP contribution in [0.5, 0.6) is 5.88 Å². The molecule has 0 radical (unpaired) electrons. The Balaban J connectivity index is 2.85. The Morgan fingerprint density at radius 2 is 2.12 bits per heavy atom. The molecule has 0 aliphatic rings. The number of hydrogen-bond acceptors (Lipinski definition) is 5. The highest BCUT2D eigenvalue weighted by molar-refractivity contribution is 5.97. The SMILES string of the molecule is COC(=O)CN(C)C(=O)c1cccnc1OC. The number of pyridine rings is 1. The normalized spacial score (nSPS) is 9.59. The van der Waals surface area contributed by atoms with Crippen LogP contribution in [0.25, 0.3) is 0 Å². The van der Waals surface area contributed by atoms with Crippen molar-refractivity contribution < 1.29 is 19.1 Å². The van der Waals surface area contributed by atoms with E-state index in [1.165, 1.54) is 32.4 Å². The summed E-state index contributed by atoms with van der Waals surface area (Å²) >= 11 is 0. The minimum Gasteiger partial charge on any atom is -0.480 e. The summed E-state index contributed by atoms with van der Waals surface area (Å²) in [6, 6.07) is 3.21. The molecule has 0 aliphatic heterocycles. The standard InChI is InChI=1S/C11H14N2O4/c1-13(7-9(14)16-2)11(15)8-5-4-6-12-10(8)17-3/h4-6H,7H2,1-3H3. The molecule has 6 nitrogen and oxygen atoms in total. The van der Waals surface area contributed by atoms with Gasteiger partial charge in [-0.05, 0) is 12.1 Å². The van der Waals surface area contributed by atoms with Crippen LogP contribution in [0.1, 0.15) is 10.4 Å². The molecular weight excluding hydrogens is 224 g/mol. The molecule has 0 fully saturated rings. The van der Waals surface area contributed by atoms with Crippen molar-refractivity contribution in [2.24, 2.45) is 0 Å². The highest BCUT2D eigenvalue weighted by Crippen LogP contribution is 2.15. The Kier molecular flexibility index (Phi) is 4.45. The van der Waals surface area contributed by atoms with Gasteiger partial charge in [0.2, 0.25) is 5.88 Å². The van der Waals surface area contributed by atoms with Gasteiger partial charge in [0, 0.05) is 13.2 Å². The van der Waals surface area contributed by atoms with E-state index in [9.17, 15) is 9.59 Å². The fraction of sp³-hybridized carbons (Fsp3) is 0.364. The van der Waals surface area contributed by atoms with Gasteiger partial charge in [0.05, 0.1) is 14.2 Å². The minimum atomic E-state index is -0.483. The van der Waals surface area contributed by atoms with E-state index in [2.05, 4.69) is 9.72 Å². The third-order valence-corrected chi connectivity index (χ3v) is 2.14. The quantitative estimate of drug-likeness (QED) is 0.707. The molecule has 0 aromatic carbocycles. The number of nitrogens with zero attached hydrogens (tertiary/aromatic N) is 2. The molecule has 0 saturated carbocycles. The minimum absolute atomic E-state index is 0.118. The summed E-state index contributed by atoms with van der Waals surface area (Å²) in [4.78, 5) is 28.2. The second kappa shape index (κ2) is 5.83. The van der Waals surface area contributed by atoms with E-state index < -0.39 is 5.97 Å². The topological polar surface area (TPSA) is 68.7 Å². The molecule has 0 saturated heterocycles. The first kappa shape index (κ1) is 13.0. The van der Waals surface area contributed by atoms with Crippen molar-refractivity contribution in [1.29, 1.82) is 0 Å². The molecule has 17 heavy (non-hydrogen) atoms. The van der Waals surface area contributed by atoms with E-state index in [-0.39, 0.29) is 18.3 Å². The Morgan fingerprint density at radius 1 is 1.41 bits per heavy atom. The van der Waals surface area contributed by atoms with Crippen LogP contribution in [0, 0.1) is 0 Å². The fourth-order valence-electron chi connectivity index (χ4n) is 1.25. The molecule has 1 aromatic rings. The van der Waals surface area contributed by atoms with Gasteiger partial charge in [0.1, 0.15) is 12.1 Å². The van der Waals surface area contributed by atoms with Gasteiger partial charge in [-0.25, -0.2) is 4.98 Å². The number of carbonyl (C=O) groups is 2. The van der Waals surface area contributed by atoms with E-state index >= 15 is 0 Å². The van der Waals surface area contributed by atoms with Crippen molar-refractivity contribution in [3.05, 3.63) is 23.9 Å². The average molecular weight is 238 g/mol. The Morgan fingerprint density at radius 3 is 2.71 bits per heavy atom. The smallest absolute Gasteiger partial charge is 0.325 e. The highest BCUT2D eigenvalue weighted by atomic mass is 16.5. The van der Waals surface area contributed by atoms with Crippen LogP contribution in [0.15, 0.2) is 18.3 Å². The summed E-state index contributed by atoms with van der Waals surface area (Å²) < 4.78 is 9.46. The zero-order chi connectivity index (χ0) is 12.8. The number of hydrogen-bond donors (Lipinski definition) is 0. The Bertz CT molecular complexity index is 420. The molecular formula is C11H14N2O4. The molecule has 6 heteroatoms. The summed E-state index contributed by atoms with van der Waals surface area (Å²) in [5.74, 6) is -0.599. The van der Waals surface area contributed by atoms with Crippen molar-refractivity contribution in [2.75, 3.05) is 27.8 Å². The van der Waals surface area contributed by atoms with Crippen LogP contribution in [0.3, 0.4) is 0 Å². The van der Waals surface area contributed by atoms with E-state index in [0.29, 0.717) is 5.56 Å². The number of rotatable bonds is 4. The Labute approximate surface area is 99.2 Å². The highest BCUT2D eigenvalue weighted by Gasteiger charge is 2.19. The van der Waals surface area contributed by atoms with Crippen molar-refractivity contribution in [2.45, 2.75) is 0 Å². The molecule has 0 spiro atoms. The average Bonchev–Trinajstić information content (AvgIpc) is 2.37. The van der Waals surface area contributed by atoms with Crippen molar-refractivity contribution in [3.8, 4) is 5.88 Å². The van der Waals surface area contributed by atoms with Crippen molar-refractivity contribution >= 4 is 11.9 Å². The number of carbonyl (C=O) groups excluding carboxylic acids is 2. The van der Waals surface area contributed by atoms with Gasteiger partial charge in [-0.15, -0.1) is 0 Å². The third kappa shape index (κ3) is 3.17. The predicted molar refractivity (Wildman–Crippen MR) is 59.8 cm³/mol. The van der Waals surface area contributed by atoms with Gasteiger partial charge in [0.25, 0.3) is 5.91 Å². The third-order valence-electron chi connectivity index (χ3n) is 2.14. The van der Waals surface area contributed by atoms with Crippen molar-refractivity contribution in [3.63, 3.8) is 0 Å². The first-order valence-electron chi connectivity index (χ1n) is 4.91. The number of aromatic nitrogens is 1. The maximum atomic E-state index is 12.0. The zero-order valence-corrected chi connectivity index (χ0v) is 9.97. The van der Waals surface area contributed by atoms with Crippen LogP contribution in [-0.4, -0.2) is 49.6 Å². The summed E-state index contributed by atoms with van der Waals surface area (Å²) in [7, 11) is 4.20. The molecule has 0 aliphatic carbocycles.